The number of rotatable bonds is 2. The Morgan fingerprint density at radius 3 is 2.59 bits per heavy atom. The number of aryl methyl sites for hydroxylation is 1. The fourth-order valence-corrected chi connectivity index (χ4v) is 5.98. The maximum absolute atomic E-state index is 13.6. The highest BCUT2D eigenvalue weighted by Gasteiger charge is 2.60. The summed E-state index contributed by atoms with van der Waals surface area (Å²) in [5.74, 6) is -0.585. The Labute approximate surface area is 183 Å². The molecule has 3 atom stereocenters. The van der Waals surface area contributed by atoms with Gasteiger partial charge in [-0.1, -0.05) is 12.1 Å². The second-order valence-corrected chi connectivity index (χ2v) is 9.31. The lowest BCUT2D eigenvalue weighted by Gasteiger charge is -2.50. The van der Waals surface area contributed by atoms with Gasteiger partial charge in [-0.3, -0.25) is 0 Å². The average Bonchev–Trinajstić information content (AvgIpc) is 3.09. The molecular weight excluding hydrogens is 422 g/mol. The van der Waals surface area contributed by atoms with Gasteiger partial charge in [0.25, 0.3) is 0 Å². The first-order valence-electron chi connectivity index (χ1n) is 11.1. The van der Waals surface area contributed by atoms with Crippen LogP contribution < -0.4 is 0 Å². The van der Waals surface area contributed by atoms with Crippen LogP contribution in [0.2, 0.25) is 0 Å². The first-order chi connectivity index (χ1) is 15.2. The standard InChI is InChI=1S/C24H25F4N3O/c1-2-22-10-11-23(32,24(26,27)28)14-16(22)5-3-4-15-12-21-20(13-19(15)22)29-30-31(21)18-8-6-17(25)7-9-18/h6-9,12-13,16,32H,2-5,10-11,14H2,1H3/t16-,22+,23-/m1/s1. The second-order valence-electron chi connectivity index (χ2n) is 9.31. The molecule has 8 heteroatoms. The first kappa shape index (κ1) is 21.4. The fraction of sp³-hybridized carbons (Fsp3) is 0.500. The monoisotopic (exact) mass is 447 g/mol. The smallest absolute Gasteiger partial charge is 0.380 e. The Hall–Kier alpha value is -2.48. The van der Waals surface area contributed by atoms with E-state index in [9.17, 15) is 22.7 Å². The van der Waals surface area contributed by atoms with E-state index in [-0.39, 0.29) is 31.0 Å². The Balaban J connectivity index is 1.61. The molecule has 0 radical (unpaired) electrons. The topological polar surface area (TPSA) is 50.9 Å². The highest BCUT2D eigenvalue weighted by Crippen LogP contribution is 2.56. The van der Waals surface area contributed by atoms with Gasteiger partial charge in [0, 0.05) is 0 Å². The van der Waals surface area contributed by atoms with Crippen molar-refractivity contribution in [3.05, 3.63) is 53.3 Å². The minimum Gasteiger partial charge on any atom is -0.380 e. The maximum atomic E-state index is 13.6. The quantitative estimate of drug-likeness (QED) is 0.518. The summed E-state index contributed by atoms with van der Waals surface area (Å²) >= 11 is 0. The van der Waals surface area contributed by atoms with Gasteiger partial charge in [-0.15, -0.1) is 5.10 Å². The van der Waals surface area contributed by atoms with Gasteiger partial charge >= 0.3 is 6.18 Å². The SMILES string of the molecule is CC[C@]12CC[C@](O)(C(F)(F)F)C[C@H]1CCCc1cc3c(cc12)nnn3-c1ccc(F)cc1. The molecule has 5 rings (SSSR count). The molecule has 1 aromatic heterocycles. The van der Waals surface area contributed by atoms with Crippen LogP contribution in [0.4, 0.5) is 17.6 Å². The Kier molecular flexibility index (Phi) is 4.85. The number of aromatic nitrogens is 3. The van der Waals surface area contributed by atoms with E-state index in [2.05, 4.69) is 10.3 Å². The van der Waals surface area contributed by atoms with Crippen molar-refractivity contribution >= 4 is 11.0 Å². The van der Waals surface area contributed by atoms with Crippen LogP contribution in [0.5, 0.6) is 0 Å². The van der Waals surface area contributed by atoms with Crippen LogP contribution in [0.3, 0.4) is 0 Å². The largest absolute Gasteiger partial charge is 0.417 e. The number of nitrogens with zero attached hydrogens (tertiary/aromatic N) is 3. The lowest BCUT2D eigenvalue weighted by atomic mass is 9.56. The summed E-state index contributed by atoms with van der Waals surface area (Å²) in [6, 6.07) is 10.0. The van der Waals surface area contributed by atoms with E-state index in [4.69, 9.17) is 0 Å². The summed E-state index contributed by atoms with van der Waals surface area (Å²) in [6.07, 6.45) is -2.02. The fourth-order valence-electron chi connectivity index (χ4n) is 5.98. The number of alkyl halides is 3. The van der Waals surface area contributed by atoms with Gasteiger partial charge in [0.15, 0.2) is 5.60 Å². The zero-order chi connectivity index (χ0) is 22.7. The van der Waals surface area contributed by atoms with Gasteiger partial charge < -0.3 is 5.11 Å². The van der Waals surface area contributed by atoms with Crippen LogP contribution in [-0.4, -0.2) is 31.9 Å². The molecule has 2 aliphatic carbocycles. The zero-order valence-corrected chi connectivity index (χ0v) is 17.8. The summed E-state index contributed by atoms with van der Waals surface area (Å²) < 4.78 is 55.9. The zero-order valence-electron chi connectivity index (χ0n) is 17.8. The summed E-state index contributed by atoms with van der Waals surface area (Å²) in [5, 5.41) is 19.0. The normalized spacial score (nSPS) is 28.2. The maximum Gasteiger partial charge on any atom is 0.417 e. The van der Waals surface area contributed by atoms with Gasteiger partial charge in [-0.05, 0) is 104 Å². The van der Waals surface area contributed by atoms with E-state index in [1.807, 2.05) is 19.1 Å². The highest BCUT2D eigenvalue weighted by atomic mass is 19.4. The van der Waals surface area contributed by atoms with Crippen molar-refractivity contribution in [1.82, 2.24) is 15.0 Å². The van der Waals surface area contributed by atoms with Crippen LogP contribution in [0, 0.1) is 11.7 Å². The molecule has 0 unspecified atom stereocenters. The molecule has 1 heterocycles. The number of fused-ring (bicyclic) bond motifs is 4. The molecule has 0 spiro atoms. The molecule has 0 amide bonds. The van der Waals surface area contributed by atoms with Crippen molar-refractivity contribution < 1.29 is 22.7 Å². The van der Waals surface area contributed by atoms with Crippen LogP contribution >= 0.6 is 0 Å². The molecule has 2 aliphatic rings. The molecule has 0 aliphatic heterocycles. The van der Waals surface area contributed by atoms with E-state index < -0.39 is 17.2 Å². The van der Waals surface area contributed by atoms with Crippen molar-refractivity contribution in [2.24, 2.45) is 5.92 Å². The lowest BCUT2D eigenvalue weighted by molar-refractivity contribution is -0.279. The van der Waals surface area contributed by atoms with Crippen LogP contribution in [0.25, 0.3) is 16.7 Å². The molecule has 170 valence electrons. The third-order valence-electron chi connectivity index (χ3n) is 7.79. The molecule has 1 fully saturated rings. The summed E-state index contributed by atoms with van der Waals surface area (Å²) in [7, 11) is 0. The number of halogens is 4. The van der Waals surface area contributed by atoms with E-state index in [1.165, 1.54) is 12.1 Å². The predicted molar refractivity (Wildman–Crippen MR) is 112 cm³/mol. The van der Waals surface area contributed by atoms with Crippen molar-refractivity contribution in [1.29, 1.82) is 0 Å². The van der Waals surface area contributed by atoms with Crippen molar-refractivity contribution in [2.45, 2.75) is 69.1 Å². The average molecular weight is 447 g/mol. The number of hydrogen-bond donors (Lipinski definition) is 1. The second kappa shape index (κ2) is 7.27. The molecule has 32 heavy (non-hydrogen) atoms. The minimum absolute atomic E-state index is 0.251. The molecule has 0 saturated heterocycles. The van der Waals surface area contributed by atoms with E-state index in [0.717, 1.165) is 29.5 Å². The third-order valence-corrected chi connectivity index (χ3v) is 7.79. The summed E-state index contributed by atoms with van der Waals surface area (Å²) in [5.41, 5.74) is 1.27. The Morgan fingerprint density at radius 2 is 1.91 bits per heavy atom. The highest BCUT2D eigenvalue weighted by molar-refractivity contribution is 5.79. The van der Waals surface area contributed by atoms with Gasteiger partial charge in [0.2, 0.25) is 0 Å². The molecule has 3 aromatic rings. The molecule has 1 saturated carbocycles. The van der Waals surface area contributed by atoms with Crippen LogP contribution in [-0.2, 0) is 11.8 Å². The number of hydrogen-bond acceptors (Lipinski definition) is 3. The van der Waals surface area contributed by atoms with Gasteiger partial charge in [0.05, 0.1) is 11.2 Å². The van der Waals surface area contributed by atoms with Crippen molar-refractivity contribution in [3.63, 3.8) is 0 Å². The lowest BCUT2D eigenvalue weighted by Crippen LogP contribution is -2.54. The van der Waals surface area contributed by atoms with Crippen LogP contribution in [0.1, 0.15) is 56.6 Å². The molecule has 4 nitrogen and oxygen atoms in total. The van der Waals surface area contributed by atoms with Gasteiger partial charge in [-0.25, -0.2) is 9.07 Å². The van der Waals surface area contributed by atoms with E-state index >= 15 is 0 Å². The summed E-state index contributed by atoms with van der Waals surface area (Å²) in [6.45, 7) is 2.03. The van der Waals surface area contributed by atoms with Gasteiger partial charge in [0.1, 0.15) is 11.3 Å². The van der Waals surface area contributed by atoms with E-state index in [0.29, 0.717) is 24.0 Å². The van der Waals surface area contributed by atoms with Gasteiger partial charge in [-0.2, -0.15) is 13.2 Å². The van der Waals surface area contributed by atoms with Crippen molar-refractivity contribution in [3.8, 4) is 5.69 Å². The third kappa shape index (κ3) is 3.14. The Bertz CT molecular complexity index is 1160. The van der Waals surface area contributed by atoms with E-state index in [1.54, 1.807) is 16.8 Å². The Morgan fingerprint density at radius 1 is 1.16 bits per heavy atom. The minimum atomic E-state index is -4.62. The molecular formula is C24H25F4N3O. The first-order valence-corrected chi connectivity index (χ1v) is 11.1. The number of aliphatic hydroxyl groups is 1. The summed E-state index contributed by atoms with van der Waals surface area (Å²) in [4.78, 5) is 0. The molecule has 0 bridgehead atoms. The van der Waals surface area contributed by atoms with Crippen LogP contribution in [0.15, 0.2) is 36.4 Å². The number of benzene rings is 2. The van der Waals surface area contributed by atoms with Crippen molar-refractivity contribution in [2.75, 3.05) is 0 Å². The predicted octanol–water partition coefficient (Wildman–Crippen LogP) is 5.64. The molecule has 2 aromatic carbocycles. The molecule has 1 N–H and O–H groups in total.